The monoisotopic (exact) mass is 455 g/mol. The lowest BCUT2D eigenvalue weighted by molar-refractivity contribution is 0.0816. The maximum atomic E-state index is 13.1. The molecule has 1 aliphatic heterocycles. The van der Waals surface area contributed by atoms with Gasteiger partial charge in [-0.25, -0.2) is 9.59 Å². The van der Waals surface area contributed by atoms with E-state index in [-0.39, 0.29) is 24.7 Å². The number of nitrogens with zero attached hydrogens (tertiary/aromatic N) is 2. The number of benzene rings is 2. The van der Waals surface area contributed by atoms with E-state index in [1.165, 1.54) is 0 Å². The van der Waals surface area contributed by atoms with Crippen LogP contribution < -0.4 is 19.7 Å². The average Bonchev–Trinajstić information content (AvgIpc) is 2.82. The Kier molecular flexibility index (Phi) is 8.03. The number of anilines is 1. The molecule has 0 saturated carbocycles. The molecule has 1 aliphatic rings. The number of hydrogen-bond acceptors (Lipinski definition) is 5. The van der Waals surface area contributed by atoms with Gasteiger partial charge in [0.2, 0.25) is 0 Å². The van der Waals surface area contributed by atoms with Gasteiger partial charge >= 0.3 is 12.1 Å². The molecule has 0 bridgehead atoms. The summed E-state index contributed by atoms with van der Waals surface area (Å²) in [6.45, 7) is 6.82. The van der Waals surface area contributed by atoms with E-state index >= 15 is 0 Å². The third-order valence-corrected chi connectivity index (χ3v) is 5.78. The standard InChI is InChI=1S/C25H33N3O5/c1-6-26-24(29)28-17(3)13-20(19-14-22(31-4)23(32-5)15-21(19)28)27(25(30)33-7-2)16-18-11-9-8-10-12-18/h8-12,14-15,17,20H,6-7,13,16H2,1-5H3,(H,26,29). The predicted molar refractivity (Wildman–Crippen MR) is 127 cm³/mol. The number of carbonyl (C=O) groups excluding carboxylic acids is 2. The van der Waals surface area contributed by atoms with Crippen molar-refractivity contribution in [1.29, 1.82) is 0 Å². The molecule has 0 fully saturated rings. The highest BCUT2D eigenvalue weighted by Gasteiger charge is 2.39. The number of rotatable bonds is 7. The normalized spacial score (nSPS) is 17.1. The summed E-state index contributed by atoms with van der Waals surface area (Å²) in [4.78, 5) is 29.5. The molecule has 3 rings (SSSR count). The summed E-state index contributed by atoms with van der Waals surface area (Å²) in [5, 5.41) is 2.89. The number of carbonyl (C=O) groups is 2. The van der Waals surface area contributed by atoms with Crippen LogP contribution in [0.15, 0.2) is 42.5 Å². The average molecular weight is 456 g/mol. The largest absolute Gasteiger partial charge is 0.493 e. The molecule has 2 unspecified atom stereocenters. The molecule has 0 aromatic heterocycles. The van der Waals surface area contributed by atoms with E-state index in [9.17, 15) is 9.59 Å². The molecule has 2 atom stereocenters. The molecule has 0 aliphatic carbocycles. The molecule has 3 amide bonds. The smallest absolute Gasteiger partial charge is 0.410 e. The van der Waals surface area contributed by atoms with E-state index in [0.29, 0.717) is 36.7 Å². The van der Waals surface area contributed by atoms with Crippen LogP contribution in [0.3, 0.4) is 0 Å². The topological polar surface area (TPSA) is 80.3 Å². The Bertz CT molecular complexity index is 966. The van der Waals surface area contributed by atoms with Crippen molar-refractivity contribution in [1.82, 2.24) is 10.2 Å². The first-order valence-electron chi connectivity index (χ1n) is 11.2. The van der Waals surface area contributed by atoms with Gasteiger partial charge in [0.05, 0.1) is 32.6 Å². The van der Waals surface area contributed by atoms with Gasteiger partial charge in [-0.1, -0.05) is 30.3 Å². The predicted octanol–water partition coefficient (Wildman–Crippen LogP) is 4.73. The second-order valence-corrected chi connectivity index (χ2v) is 7.88. The van der Waals surface area contributed by atoms with E-state index in [2.05, 4.69) is 5.32 Å². The Morgan fingerprint density at radius 3 is 2.36 bits per heavy atom. The Hall–Kier alpha value is -3.42. The van der Waals surface area contributed by atoms with Crippen molar-refractivity contribution in [2.24, 2.45) is 0 Å². The molecule has 1 heterocycles. The van der Waals surface area contributed by atoms with Gasteiger partial charge < -0.3 is 19.5 Å². The van der Waals surface area contributed by atoms with Gasteiger partial charge in [0.25, 0.3) is 0 Å². The van der Waals surface area contributed by atoms with Gasteiger partial charge in [0.15, 0.2) is 11.5 Å². The Morgan fingerprint density at radius 1 is 1.09 bits per heavy atom. The summed E-state index contributed by atoms with van der Waals surface area (Å²) in [7, 11) is 3.13. The van der Waals surface area contributed by atoms with Crippen molar-refractivity contribution in [2.75, 3.05) is 32.3 Å². The second kappa shape index (κ2) is 10.9. The fourth-order valence-electron chi connectivity index (χ4n) is 4.28. The zero-order chi connectivity index (χ0) is 24.0. The van der Waals surface area contributed by atoms with Gasteiger partial charge in [-0.05, 0) is 38.8 Å². The summed E-state index contributed by atoms with van der Waals surface area (Å²) in [6, 6.07) is 12.8. The Labute approximate surface area is 195 Å². The Morgan fingerprint density at radius 2 is 1.76 bits per heavy atom. The van der Waals surface area contributed by atoms with E-state index < -0.39 is 6.09 Å². The summed E-state index contributed by atoms with van der Waals surface area (Å²) in [5.74, 6) is 1.05. The molecule has 33 heavy (non-hydrogen) atoms. The maximum Gasteiger partial charge on any atom is 0.410 e. The lowest BCUT2D eigenvalue weighted by Gasteiger charge is -2.43. The van der Waals surface area contributed by atoms with Gasteiger partial charge in [-0.2, -0.15) is 0 Å². The van der Waals surface area contributed by atoms with Gasteiger partial charge in [-0.3, -0.25) is 9.80 Å². The summed E-state index contributed by atoms with van der Waals surface area (Å²) >= 11 is 0. The van der Waals surface area contributed by atoms with Crippen molar-refractivity contribution in [3.63, 3.8) is 0 Å². The summed E-state index contributed by atoms with van der Waals surface area (Å²) < 4.78 is 16.5. The molecule has 178 valence electrons. The quantitative estimate of drug-likeness (QED) is 0.653. The fraction of sp³-hybridized carbons (Fsp3) is 0.440. The highest BCUT2D eigenvalue weighted by molar-refractivity contribution is 5.95. The maximum absolute atomic E-state index is 13.1. The van der Waals surface area contributed by atoms with Crippen LogP contribution in [0.5, 0.6) is 11.5 Å². The minimum absolute atomic E-state index is 0.167. The molecule has 2 aromatic rings. The van der Waals surface area contributed by atoms with Crippen molar-refractivity contribution >= 4 is 17.8 Å². The van der Waals surface area contributed by atoms with Crippen LogP contribution in [-0.2, 0) is 11.3 Å². The number of urea groups is 1. The van der Waals surface area contributed by atoms with Crippen LogP contribution in [0.25, 0.3) is 0 Å². The highest BCUT2D eigenvalue weighted by Crippen LogP contribution is 2.46. The number of methoxy groups -OCH3 is 2. The molecule has 0 radical (unpaired) electrons. The zero-order valence-electron chi connectivity index (χ0n) is 20.0. The van der Waals surface area contributed by atoms with Crippen molar-refractivity contribution < 1.29 is 23.8 Å². The molecule has 1 N–H and O–H groups in total. The first-order chi connectivity index (χ1) is 15.9. The lowest BCUT2D eigenvalue weighted by atomic mass is 9.90. The van der Waals surface area contributed by atoms with Crippen LogP contribution in [0, 0.1) is 0 Å². The number of amides is 3. The third-order valence-electron chi connectivity index (χ3n) is 5.78. The third kappa shape index (κ3) is 5.16. The minimum Gasteiger partial charge on any atom is -0.493 e. The van der Waals surface area contributed by atoms with Gasteiger partial charge in [0.1, 0.15) is 0 Å². The van der Waals surface area contributed by atoms with E-state index in [4.69, 9.17) is 14.2 Å². The van der Waals surface area contributed by atoms with E-state index in [0.717, 1.165) is 11.1 Å². The molecular weight excluding hydrogens is 422 g/mol. The van der Waals surface area contributed by atoms with Crippen molar-refractivity contribution in [2.45, 2.75) is 45.8 Å². The molecule has 0 saturated heterocycles. The molecule has 0 spiro atoms. The SMILES string of the molecule is CCNC(=O)N1c2cc(OC)c(OC)cc2C(N(Cc2ccccc2)C(=O)OCC)CC1C. The van der Waals surface area contributed by atoms with E-state index in [1.54, 1.807) is 37.0 Å². The highest BCUT2D eigenvalue weighted by atomic mass is 16.6. The van der Waals surface area contributed by atoms with Crippen LogP contribution in [0.2, 0.25) is 0 Å². The minimum atomic E-state index is -0.397. The molecule has 2 aromatic carbocycles. The number of fused-ring (bicyclic) bond motifs is 1. The number of nitrogens with one attached hydrogen (secondary N) is 1. The van der Waals surface area contributed by atoms with E-state index in [1.807, 2.05) is 50.2 Å². The number of hydrogen-bond donors (Lipinski definition) is 1. The van der Waals surface area contributed by atoms with Gasteiger partial charge in [-0.15, -0.1) is 0 Å². The first kappa shape index (κ1) is 24.2. The van der Waals surface area contributed by atoms with Crippen molar-refractivity contribution in [3.05, 3.63) is 53.6 Å². The second-order valence-electron chi connectivity index (χ2n) is 7.88. The van der Waals surface area contributed by atoms with Crippen LogP contribution >= 0.6 is 0 Å². The summed E-state index contributed by atoms with van der Waals surface area (Å²) in [5.41, 5.74) is 2.48. The molecule has 8 heteroatoms. The van der Waals surface area contributed by atoms with Crippen LogP contribution in [0.1, 0.15) is 44.4 Å². The lowest BCUT2D eigenvalue weighted by Crippen LogP contribution is -2.51. The fourth-order valence-corrected chi connectivity index (χ4v) is 4.28. The molecule has 8 nitrogen and oxygen atoms in total. The zero-order valence-corrected chi connectivity index (χ0v) is 20.0. The van der Waals surface area contributed by atoms with Gasteiger partial charge in [0, 0.05) is 30.8 Å². The van der Waals surface area contributed by atoms with Crippen LogP contribution in [0.4, 0.5) is 15.3 Å². The Balaban J connectivity index is 2.14. The summed E-state index contributed by atoms with van der Waals surface area (Å²) in [6.07, 6.45) is 0.149. The molecular formula is C25H33N3O5. The van der Waals surface area contributed by atoms with Crippen molar-refractivity contribution in [3.8, 4) is 11.5 Å². The van der Waals surface area contributed by atoms with Crippen LogP contribution in [-0.4, -0.2) is 50.4 Å². The first-order valence-corrected chi connectivity index (χ1v) is 11.2. The number of ether oxygens (including phenoxy) is 3.